The van der Waals surface area contributed by atoms with Crippen LogP contribution in [-0.4, -0.2) is 49.7 Å². The van der Waals surface area contributed by atoms with Crippen LogP contribution in [0.4, 0.5) is 11.4 Å². The Balaban J connectivity index is 1.70. The third-order valence-electron chi connectivity index (χ3n) is 5.03. The minimum absolute atomic E-state index is 0.163. The highest BCUT2D eigenvalue weighted by Gasteiger charge is 2.30. The summed E-state index contributed by atoms with van der Waals surface area (Å²) in [4.78, 5) is 10.4. The molecule has 2 aromatic carbocycles. The topological polar surface area (TPSA) is 114 Å². The second-order valence-electron chi connectivity index (χ2n) is 6.78. The molecule has 1 aliphatic carbocycles. The number of benzene rings is 2. The van der Waals surface area contributed by atoms with E-state index in [-0.39, 0.29) is 42.6 Å². The van der Waals surface area contributed by atoms with Gasteiger partial charge in [-0.1, -0.05) is 24.3 Å². The lowest BCUT2D eigenvalue weighted by molar-refractivity contribution is -0.385. The lowest BCUT2D eigenvalue weighted by Gasteiger charge is -2.26. The molecule has 10 heteroatoms. The molecule has 152 valence electrons. The predicted molar refractivity (Wildman–Crippen MR) is 108 cm³/mol. The van der Waals surface area contributed by atoms with Crippen molar-refractivity contribution < 1.29 is 18.1 Å². The van der Waals surface area contributed by atoms with E-state index in [9.17, 15) is 18.5 Å². The van der Waals surface area contributed by atoms with Gasteiger partial charge in [-0.25, -0.2) is 8.42 Å². The van der Waals surface area contributed by atoms with Crippen molar-refractivity contribution in [2.75, 3.05) is 31.7 Å². The highest BCUT2D eigenvalue weighted by Crippen LogP contribution is 2.30. The summed E-state index contributed by atoms with van der Waals surface area (Å²) >= 11 is 0. The molecule has 0 aromatic heterocycles. The Morgan fingerprint density at radius 2 is 1.86 bits per heavy atom. The van der Waals surface area contributed by atoms with Crippen molar-refractivity contribution in [1.82, 2.24) is 4.31 Å². The molecular formula is C19H20N4O5S. The molecule has 0 bridgehead atoms. The SMILES string of the molecule is O=[N+]([O-])c1ccc(N/N=C2\CCc3ccccc32)c(S(=O)(=O)N2CCOCC2)c1. The van der Waals surface area contributed by atoms with Crippen molar-refractivity contribution in [2.24, 2.45) is 5.10 Å². The lowest BCUT2D eigenvalue weighted by atomic mass is 10.1. The van der Waals surface area contributed by atoms with Crippen LogP contribution in [0.15, 0.2) is 52.5 Å². The van der Waals surface area contributed by atoms with Gasteiger partial charge < -0.3 is 4.74 Å². The number of morpholine rings is 1. The van der Waals surface area contributed by atoms with Crippen molar-refractivity contribution >= 4 is 27.1 Å². The third-order valence-corrected chi connectivity index (χ3v) is 6.97. The Morgan fingerprint density at radius 3 is 2.62 bits per heavy atom. The molecule has 4 rings (SSSR count). The molecule has 0 saturated carbocycles. The molecule has 1 N–H and O–H groups in total. The van der Waals surface area contributed by atoms with E-state index in [2.05, 4.69) is 10.5 Å². The van der Waals surface area contributed by atoms with Gasteiger partial charge in [0.1, 0.15) is 4.90 Å². The zero-order chi connectivity index (χ0) is 20.4. The Bertz CT molecular complexity index is 1080. The molecule has 0 amide bonds. The summed E-state index contributed by atoms with van der Waals surface area (Å²) in [5.41, 5.74) is 5.80. The first-order chi connectivity index (χ1) is 14.0. The number of rotatable bonds is 5. The van der Waals surface area contributed by atoms with Crippen LogP contribution >= 0.6 is 0 Å². The standard InChI is InChI=1S/C19H20N4O5S/c24-23(25)15-6-8-18(19(13-15)29(26,27)22-9-11-28-12-10-22)21-20-17-7-5-14-3-1-2-4-16(14)17/h1-4,6,8,13,21H,5,7,9-12H2/b20-17+. The van der Waals surface area contributed by atoms with Gasteiger partial charge in [-0.15, -0.1) is 0 Å². The molecule has 0 radical (unpaired) electrons. The molecule has 29 heavy (non-hydrogen) atoms. The van der Waals surface area contributed by atoms with Gasteiger partial charge in [0.05, 0.1) is 29.5 Å². The molecule has 1 saturated heterocycles. The van der Waals surface area contributed by atoms with Gasteiger partial charge in [-0.3, -0.25) is 15.5 Å². The molecule has 9 nitrogen and oxygen atoms in total. The van der Waals surface area contributed by atoms with Crippen LogP contribution in [-0.2, 0) is 21.2 Å². The quantitative estimate of drug-likeness (QED) is 0.591. The summed E-state index contributed by atoms with van der Waals surface area (Å²) < 4.78 is 32.8. The maximum Gasteiger partial charge on any atom is 0.270 e. The molecular weight excluding hydrogens is 396 g/mol. The molecule has 1 fully saturated rings. The summed E-state index contributed by atoms with van der Waals surface area (Å²) in [6.45, 7) is 0.977. The second-order valence-corrected chi connectivity index (χ2v) is 8.69. The second kappa shape index (κ2) is 7.90. The van der Waals surface area contributed by atoms with Gasteiger partial charge in [0.15, 0.2) is 0 Å². The summed E-state index contributed by atoms with van der Waals surface area (Å²) in [5, 5.41) is 15.6. The fourth-order valence-corrected chi connectivity index (χ4v) is 5.08. The van der Waals surface area contributed by atoms with Crippen LogP contribution in [0.2, 0.25) is 0 Å². The molecule has 2 aliphatic rings. The number of aryl methyl sites for hydroxylation is 1. The Labute approximate surface area is 168 Å². The molecule has 0 spiro atoms. The van der Waals surface area contributed by atoms with Gasteiger partial charge >= 0.3 is 0 Å². The van der Waals surface area contributed by atoms with Crippen LogP contribution in [0.25, 0.3) is 0 Å². The maximum atomic E-state index is 13.1. The number of non-ortho nitro benzene ring substituents is 1. The first-order valence-electron chi connectivity index (χ1n) is 9.24. The van der Waals surface area contributed by atoms with Crippen molar-refractivity contribution in [3.05, 3.63) is 63.7 Å². The fourth-order valence-electron chi connectivity index (χ4n) is 3.51. The number of fused-ring (bicyclic) bond motifs is 1. The zero-order valence-electron chi connectivity index (χ0n) is 15.6. The van der Waals surface area contributed by atoms with E-state index in [0.717, 1.165) is 30.2 Å². The Hall–Kier alpha value is -2.82. The van der Waals surface area contributed by atoms with Crippen LogP contribution in [0, 0.1) is 10.1 Å². The van der Waals surface area contributed by atoms with Gasteiger partial charge in [-0.2, -0.15) is 9.41 Å². The lowest BCUT2D eigenvalue weighted by Crippen LogP contribution is -2.40. The summed E-state index contributed by atoms with van der Waals surface area (Å²) in [6, 6.07) is 11.6. The smallest absolute Gasteiger partial charge is 0.270 e. The predicted octanol–water partition coefficient (Wildman–Crippen LogP) is 2.38. The van der Waals surface area contributed by atoms with Gasteiger partial charge in [0.2, 0.25) is 10.0 Å². The number of nitrogens with zero attached hydrogens (tertiary/aromatic N) is 3. The van der Waals surface area contributed by atoms with Crippen LogP contribution in [0.5, 0.6) is 0 Å². The number of sulfonamides is 1. The van der Waals surface area contributed by atoms with E-state index < -0.39 is 14.9 Å². The minimum atomic E-state index is -3.94. The summed E-state index contributed by atoms with van der Waals surface area (Å²) in [7, 11) is -3.94. The highest BCUT2D eigenvalue weighted by atomic mass is 32.2. The monoisotopic (exact) mass is 416 g/mol. The summed E-state index contributed by atoms with van der Waals surface area (Å²) in [5.74, 6) is 0. The number of nitrogens with one attached hydrogen (secondary N) is 1. The van der Waals surface area contributed by atoms with E-state index in [1.54, 1.807) is 0 Å². The van der Waals surface area contributed by atoms with Gasteiger partial charge in [0.25, 0.3) is 5.69 Å². The zero-order valence-corrected chi connectivity index (χ0v) is 16.4. The molecule has 1 heterocycles. The van der Waals surface area contributed by atoms with Gasteiger partial charge in [-0.05, 0) is 24.5 Å². The first kappa shape index (κ1) is 19.5. The van der Waals surface area contributed by atoms with E-state index in [1.165, 1.54) is 22.0 Å². The third kappa shape index (κ3) is 3.86. The van der Waals surface area contributed by atoms with E-state index >= 15 is 0 Å². The Kier molecular flexibility index (Phi) is 5.31. The number of ether oxygens (including phenoxy) is 1. The van der Waals surface area contributed by atoms with Crippen molar-refractivity contribution in [1.29, 1.82) is 0 Å². The normalized spacial score (nSPS) is 18.6. The van der Waals surface area contributed by atoms with E-state index in [4.69, 9.17) is 4.74 Å². The van der Waals surface area contributed by atoms with E-state index in [0.29, 0.717) is 0 Å². The van der Waals surface area contributed by atoms with Crippen LogP contribution in [0.1, 0.15) is 17.5 Å². The maximum absolute atomic E-state index is 13.1. The van der Waals surface area contributed by atoms with Crippen molar-refractivity contribution in [2.45, 2.75) is 17.7 Å². The largest absolute Gasteiger partial charge is 0.379 e. The number of hydrazone groups is 1. The minimum Gasteiger partial charge on any atom is -0.379 e. The van der Waals surface area contributed by atoms with Gasteiger partial charge in [0, 0.05) is 30.8 Å². The number of nitro benzene ring substituents is 1. The molecule has 1 aliphatic heterocycles. The number of nitro groups is 1. The number of hydrogen-bond donors (Lipinski definition) is 1. The highest BCUT2D eigenvalue weighted by molar-refractivity contribution is 7.89. The Morgan fingerprint density at radius 1 is 1.10 bits per heavy atom. The van der Waals surface area contributed by atoms with Crippen molar-refractivity contribution in [3.63, 3.8) is 0 Å². The molecule has 0 unspecified atom stereocenters. The average Bonchev–Trinajstić information content (AvgIpc) is 3.16. The number of hydrogen-bond acceptors (Lipinski definition) is 7. The average molecular weight is 416 g/mol. The summed E-state index contributed by atoms with van der Waals surface area (Å²) in [6.07, 6.45) is 1.61. The molecule has 0 atom stereocenters. The molecule has 2 aromatic rings. The fraction of sp³-hybridized carbons (Fsp3) is 0.316. The first-order valence-corrected chi connectivity index (χ1v) is 10.7. The van der Waals surface area contributed by atoms with Crippen LogP contribution < -0.4 is 5.43 Å². The number of anilines is 1. The van der Waals surface area contributed by atoms with Crippen molar-refractivity contribution in [3.8, 4) is 0 Å². The van der Waals surface area contributed by atoms with Crippen LogP contribution in [0.3, 0.4) is 0 Å². The van der Waals surface area contributed by atoms with E-state index in [1.807, 2.05) is 24.3 Å².